The molecular weight excluding hydrogens is 301 g/mol. The van der Waals surface area contributed by atoms with Crippen molar-refractivity contribution in [2.75, 3.05) is 0 Å². The van der Waals surface area contributed by atoms with E-state index in [0.717, 1.165) is 5.56 Å². The molecule has 0 atom stereocenters. The van der Waals surface area contributed by atoms with E-state index in [9.17, 15) is 8.78 Å². The van der Waals surface area contributed by atoms with Gasteiger partial charge in [0.1, 0.15) is 5.69 Å². The number of nitrogens with zero attached hydrogens (tertiary/aromatic N) is 2. The van der Waals surface area contributed by atoms with Gasteiger partial charge in [-0.25, -0.2) is 13.8 Å². The molecule has 0 saturated heterocycles. The molecule has 2 nitrogen and oxygen atoms in total. The van der Waals surface area contributed by atoms with E-state index in [2.05, 4.69) is 4.98 Å². The largest absolute Gasteiger partial charge is 0.281 e. The minimum Gasteiger partial charge on any atom is -0.249 e. The van der Waals surface area contributed by atoms with Crippen LogP contribution in [0.3, 0.4) is 0 Å². The SMILES string of the molecule is Cc1cc(I)c(C(F)F)nc1CC#N. The van der Waals surface area contributed by atoms with E-state index in [4.69, 9.17) is 5.26 Å². The van der Waals surface area contributed by atoms with Crippen LogP contribution >= 0.6 is 22.6 Å². The van der Waals surface area contributed by atoms with Crippen LogP contribution in [0.15, 0.2) is 6.07 Å². The molecule has 0 amide bonds. The van der Waals surface area contributed by atoms with Crippen LogP contribution in [-0.4, -0.2) is 4.98 Å². The second kappa shape index (κ2) is 4.64. The van der Waals surface area contributed by atoms with Gasteiger partial charge in [-0.05, 0) is 41.1 Å². The second-order valence-electron chi connectivity index (χ2n) is 2.75. The highest BCUT2D eigenvalue weighted by molar-refractivity contribution is 14.1. The number of halogens is 3. The first-order valence-electron chi connectivity index (χ1n) is 3.87. The zero-order valence-electron chi connectivity index (χ0n) is 7.39. The molecule has 0 unspecified atom stereocenters. The number of hydrogen-bond donors (Lipinski definition) is 0. The zero-order chi connectivity index (χ0) is 10.7. The summed E-state index contributed by atoms with van der Waals surface area (Å²) in [4.78, 5) is 3.78. The van der Waals surface area contributed by atoms with E-state index < -0.39 is 6.43 Å². The van der Waals surface area contributed by atoms with E-state index in [-0.39, 0.29) is 12.1 Å². The monoisotopic (exact) mass is 308 g/mol. The number of nitriles is 1. The molecule has 1 rings (SSSR count). The Bertz CT molecular complexity index is 385. The van der Waals surface area contributed by atoms with Crippen molar-refractivity contribution in [2.45, 2.75) is 19.8 Å². The lowest BCUT2D eigenvalue weighted by molar-refractivity contribution is 0.144. The van der Waals surface area contributed by atoms with Gasteiger partial charge in [0.15, 0.2) is 0 Å². The van der Waals surface area contributed by atoms with Crippen LogP contribution in [0.2, 0.25) is 0 Å². The highest BCUT2D eigenvalue weighted by Crippen LogP contribution is 2.24. The Morgan fingerprint density at radius 1 is 1.64 bits per heavy atom. The van der Waals surface area contributed by atoms with E-state index in [0.29, 0.717) is 9.26 Å². The summed E-state index contributed by atoms with van der Waals surface area (Å²) in [6.07, 6.45) is -2.51. The summed E-state index contributed by atoms with van der Waals surface area (Å²) in [6.45, 7) is 1.76. The molecule has 0 N–H and O–H groups in total. The van der Waals surface area contributed by atoms with Crippen molar-refractivity contribution in [1.82, 2.24) is 4.98 Å². The van der Waals surface area contributed by atoms with Crippen molar-refractivity contribution >= 4 is 22.6 Å². The topological polar surface area (TPSA) is 36.7 Å². The smallest absolute Gasteiger partial charge is 0.249 e. The van der Waals surface area contributed by atoms with Gasteiger partial charge < -0.3 is 0 Å². The van der Waals surface area contributed by atoms with Gasteiger partial charge in [-0.15, -0.1) is 0 Å². The van der Waals surface area contributed by atoms with Crippen LogP contribution in [0.25, 0.3) is 0 Å². The number of aryl methyl sites for hydroxylation is 1. The van der Waals surface area contributed by atoms with Crippen LogP contribution < -0.4 is 0 Å². The van der Waals surface area contributed by atoms with Crippen molar-refractivity contribution in [3.8, 4) is 6.07 Å². The minimum atomic E-state index is -2.58. The van der Waals surface area contributed by atoms with Crippen molar-refractivity contribution in [2.24, 2.45) is 0 Å². The summed E-state index contributed by atoms with van der Waals surface area (Å²) >= 11 is 1.82. The third-order valence-corrected chi connectivity index (χ3v) is 2.62. The molecule has 5 heteroatoms. The van der Waals surface area contributed by atoms with Gasteiger partial charge in [0, 0.05) is 3.57 Å². The molecule has 74 valence electrons. The molecule has 14 heavy (non-hydrogen) atoms. The quantitative estimate of drug-likeness (QED) is 0.788. The molecule has 0 aliphatic carbocycles. The lowest BCUT2D eigenvalue weighted by Gasteiger charge is -2.07. The summed E-state index contributed by atoms with van der Waals surface area (Å²) in [5.74, 6) is 0. The fourth-order valence-electron chi connectivity index (χ4n) is 1.04. The highest BCUT2D eigenvalue weighted by Gasteiger charge is 2.15. The summed E-state index contributed by atoms with van der Waals surface area (Å²) in [5.41, 5.74) is 0.977. The Hall–Kier alpha value is -0.770. The Morgan fingerprint density at radius 3 is 2.79 bits per heavy atom. The Kier molecular flexibility index (Phi) is 3.75. The fourth-order valence-corrected chi connectivity index (χ4v) is 1.86. The van der Waals surface area contributed by atoms with E-state index in [1.54, 1.807) is 13.0 Å². The molecule has 0 radical (unpaired) electrons. The molecule has 0 aliphatic heterocycles. The first-order chi connectivity index (χ1) is 6.56. The average molecular weight is 308 g/mol. The standard InChI is InChI=1S/C9H7F2IN2/c1-5-4-6(12)8(9(10)11)14-7(5)2-3-13/h4,9H,2H2,1H3. The van der Waals surface area contributed by atoms with E-state index >= 15 is 0 Å². The van der Waals surface area contributed by atoms with Crippen LogP contribution in [0, 0.1) is 21.8 Å². The zero-order valence-corrected chi connectivity index (χ0v) is 9.55. The molecule has 0 aromatic carbocycles. The van der Waals surface area contributed by atoms with Crippen molar-refractivity contribution in [3.63, 3.8) is 0 Å². The Morgan fingerprint density at radius 2 is 2.29 bits per heavy atom. The van der Waals surface area contributed by atoms with Crippen LogP contribution in [-0.2, 0) is 6.42 Å². The third-order valence-electron chi connectivity index (χ3n) is 1.75. The normalized spacial score (nSPS) is 10.3. The first-order valence-corrected chi connectivity index (χ1v) is 4.95. The summed E-state index contributed by atoms with van der Waals surface area (Å²) < 4.78 is 25.3. The van der Waals surface area contributed by atoms with Crippen LogP contribution in [0.4, 0.5) is 8.78 Å². The molecule has 0 aliphatic rings. The Balaban J connectivity index is 3.21. The molecule has 0 saturated carbocycles. The number of pyridine rings is 1. The molecule has 1 heterocycles. The number of rotatable bonds is 2. The van der Waals surface area contributed by atoms with E-state index in [1.165, 1.54) is 0 Å². The van der Waals surface area contributed by atoms with Gasteiger partial charge in [0.05, 0.1) is 18.2 Å². The Labute approximate surface area is 94.1 Å². The van der Waals surface area contributed by atoms with Gasteiger partial charge >= 0.3 is 0 Å². The van der Waals surface area contributed by atoms with Gasteiger partial charge in [-0.1, -0.05) is 0 Å². The van der Waals surface area contributed by atoms with Crippen molar-refractivity contribution < 1.29 is 8.78 Å². The third kappa shape index (κ3) is 2.38. The fraction of sp³-hybridized carbons (Fsp3) is 0.333. The number of hydrogen-bond acceptors (Lipinski definition) is 2. The van der Waals surface area contributed by atoms with Gasteiger partial charge in [0.2, 0.25) is 0 Å². The molecule has 0 fully saturated rings. The molecule has 1 aromatic heterocycles. The summed E-state index contributed by atoms with van der Waals surface area (Å²) in [7, 11) is 0. The summed E-state index contributed by atoms with van der Waals surface area (Å²) in [6, 6.07) is 3.53. The lowest BCUT2D eigenvalue weighted by Crippen LogP contribution is -2.01. The highest BCUT2D eigenvalue weighted by atomic mass is 127. The minimum absolute atomic E-state index is 0.0719. The van der Waals surface area contributed by atoms with E-state index in [1.807, 2.05) is 28.7 Å². The molecule has 0 spiro atoms. The first kappa shape index (κ1) is 11.3. The van der Waals surface area contributed by atoms with Crippen LogP contribution in [0.1, 0.15) is 23.4 Å². The molecule has 1 aromatic rings. The van der Waals surface area contributed by atoms with Gasteiger partial charge in [-0.3, -0.25) is 0 Å². The van der Waals surface area contributed by atoms with Gasteiger partial charge in [-0.2, -0.15) is 5.26 Å². The molecule has 0 bridgehead atoms. The van der Waals surface area contributed by atoms with Crippen molar-refractivity contribution in [1.29, 1.82) is 5.26 Å². The maximum Gasteiger partial charge on any atom is 0.281 e. The van der Waals surface area contributed by atoms with Crippen molar-refractivity contribution in [3.05, 3.63) is 26.6 Å². The molecular formula is C9H7F2IN2. The predicted molar refractivity (Wildman–Crippen MR) is 56.0 cm³/mol. The average Bonchev–Trinajstić information content (AvgIpc) is 2.09. The van der Waals surface area contributed by atoms with Crippen LogP contribution in [0.5, 0.6) is 0 Å². The maximum absolute atomic E-state index is 12.4. The predicted octanol–water partition coefficient (Wildman–Crippen LogP) is 3.00. The number of alkyl halides is 2. The number of aromatic nitrogens is 1. The second-order valence-corrected chi connectivity index (χ2v) is 3.92. The maximum atomic E-state index is 12.4. The summed E-state index contributed by atoms with van der Waals surface area (Å²) in [5, 5.41) is 8.46. The lowest BCUT2D eigenvalue weighted by atomic mass is 10.1. The van der Waals surface area contributed by atoms with Gasteiger partial charge in [0.25, 0.3) is 6.43 Å².